The van der Waals surface area contributed by atoms with Gasteiger partial charge in [-0.2, -0.15) is 0 Å². The van der Waals surface area contributed by atoms with Crippen LogP contribution in [0.3, 0.4) is 0 Å². The summed E-state index contributed by atoms with van der Waals surface area (Å²) in [4.78, 5) is 13.0. The Morgan fingerprint density at radius 3 is 2.69 bits per heavy atom. The van der Waals surface area contributed by atoms with Gasteiger partial charge in [-0.1, -0.05) is 22.4 Å². The lowest BCUT2D eigenvalue weighted by molar-refractivity contribution is 0.104. The highest BCUT2D eigenvalue weighted by atomic mass is 79.9. The first-order valence-corrected chi connectivity index (χ1v) is 5.86. The first kappa shape index (κ1) is 9.31. The minimum Gasteiger partial charge on any atom is -0.448 e. The fraction of sp³-hybridized carbons (Fsp3) is 0.889. The number of rotatable bonds is 3. The fourth-order valence-electron chi connectivity index (χ4n) is 1.98. The second kappa shape index (κ2) is 3.48. The van der Waals surface area contributed by atoms with E-state index in [0.29, 0.717) is 12.0 Å². The van der Waals surface area contributed by atoms with Crippen LogP contribution in [0.2, 0.25) is 0 Å². The smallest absolute Gasteiger partial charge is 0.409 e. The molecule has 1 aliphatic carbocycles. The van der Waals surface area contributed by atoms with E-state index < -0.39 is 0 Å². The maximum atomic E-state index is 11.2. The molecule has 0 atom stereocenters. The Kier molecular flexibility index (Phi) is 2.49. The van der Waals surface area contributed by atoms with Crippen LogP contribution in [-0.4, -0.2) is 36.0 Å². The molecular formula is C9H14BrNO2. The fourth-order valence-corrected chi connectivity index (χ4v) is 2.72. The molecule has 13 heavy (non-hydrogen) atoms. The van der Waals surface area contributed by atoms with Gasteiger partial charge in [-0.15, -0.1) is 0 Å². The first-order chi connectivity index (χ1) is 6.26. The molecule has 1 amide bonds. The Labute approximate surface area is 86.5 Å². The van der Waals surface area contributed by atoms with E-state index in [1.54, 1.807) is 0 Å². The van der Waals surface area contributed by atoms with Gasteiger partial charge in [-0.25, -0.2) is 4.79 Å². The Morgan fingerprint density at radius 1 is 1.54 bits per heavy atom. The molecule has 2 aliphatic rings. The lowest BCUT2D eigenvalue weighted by Gasteiger charge is -2.42. The standard InChI is InChI=1S/C9H14BrNO2/c10-6-9(2-1-3-9)7-11-4-5-13-8(11)12/h1-7H2. The van der Waals surface area contributed by atoms with Gasteiger partial charge in [0.25, 0.3) is 0 Å². The van der Waals surface area contributed by atoms with Crippen LogP contribution in [0.4, 0.5) is 4.79 Å². The highest BCUT2D eigenvalue weighted by Crippen LogP contribution is 2.43. The number of halogens is 1. The summed E-state index contributed by atoms with van der Waals surface area (Å²) in [7, 11) is 0. The van der Waals surface area contributed by atoms with Crippen LogP contribution in [0.25, 0.3) is 0 Å². The number of alkyl halides is 1. The molecule has 0 aromatic heterocycles. The van der Waals surface area contributed by atoms with Crippen molar-refractivity contribution >= 4 is 22.0 Å². The van der Waals surface area contributed by atoms with Crippen molar-refractivity contribution in [2.75, 3.05) is 25.0 Å². The van der Waals surface area contributed by atoms with Crippen LogP contribution in [0.5, 0.6) is 0 Å². The Morgan fingerprint density at radius 2 is 2.31 bits per heavy atom. The maximum absolute atomic E-state index is 11.2. The van der Waals surface area contributed by atoms with Crippen molar-refractivity contribution < 1.29 is 9.53 Å². The number of amides is 1. The van der Waals surface area contributed by atoms with Crippen molar-refractivity contribution in [1.29, 1.82) is 0 Å². The van der Waals surface area contributed by atoms with Crippen molar-refractivity contribution in [3.8, 4) is 0 Å². The molecule has 0 N–H and O–H groups in total. The molecule has 0 bridgehead atoms. The molecule has 0 aromatic carbocycles. The first-order valence-electron chi connectivity index (χ1n) is 4.73. The van der Waals surface area contributed by atoms with Gasteiger partial charge in [-0.3, -0.25) is 0 Å². The average Bonchev–Trinajstić information content (AvgIpc) is 2.44. The highest BCUT2D eigenvalue weighted by Gasteiger charge is 2.40. The molecule has 1 heterocycles. The van der Waals surface area contributed by atoms with Gasteiger partial charge >= 0.3 is 6.09 Å². The van der Waals surface area contributed by atoms with Crippen LogP contribution in [-0.2, 0) is 4.74 Å². The summed E-state index contributed by atoms with van der Waals surface area (Å²) < 4.78 is 4.90. The summed E-state index contributed by atoms with van der Waals surface area (Å²) in [6.07, 6.45) is 3.64. The van der Waals surface area contributed by atoms with E-state index in [1.165, 1.54) is 19.3 Å². The normalized spacial score (nSPS) is 25.6. The van der Waals surface area contributed by atoms with E-state index in [-0.39, 0.29) is 6.09 Å². The second-order valence-corrected chi connectivity index (χ2v) is 4.58. The van der Waals surface area contributed by atoms with E-state index in [4.69, 9.17) is 4.74 Å². The number of carbonyl (C=O) groups is 1. The topological polar surface area (TPSA) is 29.5 Å². The molecule has 4 heteroatoms. The number of hydrogen-bond acceptors (Lipinski definition) is 2. The number of nitrogens with zero attached hydrogens (tertiary/aromatic N) is 1. The predicted molar refractivity (Wildman–Crippen MR) is 53.0 cm³/mol. The summed E-state index contributed by atoms with van der Waals surface area (Å²) in [5.74, 6) is 0. The number of hydrogen-bond donors (Lipinski definition) is 0. The van der Waals surface area contributed by atoms with Crippen molar-refractivity contribution in [3.05, 3.63) is 0 Å². The SMILES string of the molecule is O=C1OCCN1CC1(CBr)CCC1. The summed E-state index contributed by atoms with van der Waals surface area (Å²) >= 11 is 3.53. The summed E-state index contributed by atoms with van der Waals surface area (Å²) in [6, 6.07) is 0. The molecule has 0 aromatic rings. The van der Waals surface area contributed by atoms with Gasteiger partial charge < -0.3 is 9.64 Å². The molecule has 3 nitrogen and oxygen atoms in total. The van der Waals surface area contributed by atoms with E-state index >= 15 is 0 Å². The van der Waals surface area contributed by atoms with Gasteiger partial charge in [0.05, 0.1) is 6.54 Å². The molecule has 1 aliphatic heterocycles. The van der Waals surface area contributed by atoms with Crippen LogP contribution >= 0.6 is 15.9 Å². The van der Waals surface area contributed by atoms with Crippen molar-refractivity contribution in [2.45, 2.75) is 19.3 Å². The number of carbonyl (C=O) groups excluding carboxylic acids is 1. The summed E-state index contributed by atoms with van der Waals surface area (Å²) in [5.41, 5.74) is 0.351. The van der Waals surface area contributed by atoms with Crippen LogP contribution in [0, 0.1) is 5.41 Å². The second-order valence-electron chi connectivity index (χ2n) is 4.02. The zero-order chi connectivity index (χ0) is 9.31. The van der Waals surface area contributed by atoms with Gasteiger partial charge in [-0.05, 0) is 18.3 Å². The van der Waals surface area contributed by atoms with Crippen LogP contribution in [0.1, 0.15) is 19.3 Å². The minimum absolute atomic E-state index is 0.132. The van der Waals surface area contributed by atoms with Gasteiger partial charge in [0.1, 0.15) is 6.61 Å². The third-order valence-corrected chi connectivity index (χ3v) is 4.26. The van der Waals surface area contributed by atoms with E-state index in [1.807, 2.05) is 4.90 Å². The third-order valence-electron chi connectivity index (χ3n) is 3.07. The van der Waals surface area contributed by atoms with Gasteiger partial charge in [0, 0.05) is 11.9 Å². The van der Waals surface area contributed by atoms with E-state index in [2.05, 4.69) is 15.9 Å². The Bertz CT molecular complexity index is 210. The Hall–Kier alpha value is -0.250. The van der Waals surface area contributed by atoms with Gasteiger partial charge in [0.2, 0.25) is 0 Å². The summed E-state index contributed by atoms with van der Waals surface area (Å²) in [5, 5.41) is 1.00. The molecule has 0 spiro atoms. The molecular weight excluding hydrogens is 234 g/mol. The zero-order valence-electron chi connectivity index (χ0n) is 7.59. The molecule has 0 radical (unpaired) electrons. The molecule has 1 saturated carbocycles. The molecule has 2 rings (SSSR count). The van der Waals surface area contributed by atoms with E-state index in [0.717, 1.165) is 18.4 Å². The van der Waals surface area contributed by atoms with Crippen LogP contribution in [0.15, 0.2) is 0 Å². The molecule has 1 saturated heterocycles. The largest absolute Gasteiger partial charge is 0.448 e. The monoisotopic (exact) mass is 247 g/mol. The van der Waals surface area contributed by atoms with Gasteiger partial charge in [0.15, 0.2) is 0 Å². The quantitative estimate of drug-likeness (QED) is 0.715. The predicted octanol–water partition coefficient (Wildman–Crippen LogP) is 2.00. The van der Waals surface area contributed by atoms with Crippen molar-refractivity contribution in [3.63, 3.8) is 0 Å². The van der Waals surface area contributed by atoms with Crippen molar-refractivity contribution in [2.24, 2.45) is 5.41 Å². The number of ether oxygens (including phenoxy) is 1. The average molecular weight is 248 g/mol. The molecule has 0 unspecified atom stereocenters. The van der Waals surface area contributed by atoms with E-state index in [9.17, 15) is 4.79 Å². The highest BCUT2D eigenvalue weighted by molar-refractivity contribution is 9.09. The minimum atomic E-state index is -0.132. The number of cyclic esters (lactones) is 1. The zero-order valence-corrected chi connectivity index (χ0v) is 9.18. The lowest BCUT2D eigenvalue weighted by Crippen LogP contribution is -2.43. The molecule has 2 fully saturated rings. The Balaban J connectivity index is 1.92. The summed E-state index contributed by atoms with van der Waals surface area (Å²) in [6.45, 7) is 2.21. The van der Waals surface area contributed by atoms with Crippen LogP contribution < -0.4 is 0 Å². The third kappa shape index (κ3) is 1.68. The molecule has 74 valence electrons. The maximum Gasteiger partial charge on any atom is 0.409 e. The van der Waals surface area contributed by atoms with Crippen molar-refractivity contribution in [1.82, 2.24) is 4.90 Å². The lowest BCUT2D eigenvalue weighted by atomic mass is 9.70.